The molecule has 3 heteroatoms. The molecule has 1 aromatic rings. The number of aldehydes is 1. The van der Waals surface area contributed by atoms with Gasteiger partial charge >= 0.3 is 0 Å². The zero-order valence-corrected chi connectivity index (χ0v) is 8.76. The Kier molecular flexibility index (Phi) is 3.21. The Morgan fingerprint density at radius 1 is 1.62 bits per heavy atom. The Balaban J connectivity index is 3.31. The number of halogens is 1. The summed E-state index contributed by atoms with van der Waals surface area (Å²) in [4.78, 5) is 10.6. The Bertz CT molecular complexity index is 379. The summed E-state index contributed by atoms with van der Waals surface area (Å²) < 4.78 is 0.886. The van der Waals surface area contributed by atoms with E-state index in [9.17, 15) is 4.79 Å². The van der Waals surface area contributed by atoms with E-state index < -0.39 is 0 Å². The van der Waals surface area contributed by atoms with Crippen molar-refractivity contribution in [3.05, 3.63) is 33.3 Å². The summed E-state index contributed by atoms with van der Waals surface area (Å²) in [5.74, 6) is 0. The molecule has 0 aliphatic carbocycles. The van der Waals surface area contributed by atoms with E-state index in [1.807, 2.05) is 6.92 Å². The highest BCUT2D eigenvalue weighted by atomic mass is 79.9. The van der Waals surface area contributed by atoms with E-state index in [2.05, 4.69) is 22.0 Å². The van der Waals surface area contributed by atoms with Gasteiger partial charge in [0.05, 0.1) is 12.5 Å². The average molecular weight is 238 g/mol. The van der Waals surface area contributed by atoms with Crippen LogP contribution in [0.4, 0.5) is 0 Å². The number of nitriles is 1. The van der Waals surface area contributed by atoms with Gasteiger partial charge in [-0.2, -0.15) is 5.26 Å². The highest BCUT2D eigenvalue weighted by Gasteiger charge is 2.06. The van der Waals surface area contributed by atoms with E-state index in [0.717, 1.165) is 21.9 Å². The molecule has 1 aromatic carbocycles. The Morgan fingerprint density at radius 2 is 2.31 bits per heavy atom. The van der Waals surface area contributed by atoms with Crippen LogP contribution in [0.25, 0.3) is 0 Å². The summed E-state index contributed by atoms with van der Waals surface area (Å²) >= 11 is 3.34. The van der Waals surface area contributed by atoms with Gasteiger partial charge in [0, 0.05) is 10.0 Å². The van der Waals surface area contributed by atoms with Crippen LogP contribution in [0.1, 0.15) is 21.5 Å². The average Bonchev–Trinajstić information content (AvgIpc) is 2.12. The molecule has 66 valence electrons. The van der Waals surface area contributed by atoms with E-state index >= 15 is 0 Å². The second-order valence-corrected chi connectivity index (χ2v) is 3.55. The minimum Gasteiger partial charge on any atom is -0.298 e. The van der Waals surface area contributed by atoms with Gasteiger partial charge in [0.2, 0.25) is 0 Å². The Morgan fingerprint density at radius 3 is 2.85 bits per heavy atom. The van der Waals surface area contributed by atoms with Gasteiger partial charge in [-0.15, -0.1) is 0 Å². The fourth-order valence-electron chi connectivity index (χ4n) is 1.17. The fraction of sp³-hybridized carbons (Fsp3) is 0.200. The summed E-state index contributed by atoms with van der Waals surface area (Å²) in [5.41, 5.74) is 2.42. The van der Waals surface area contributed by atoms with Crippen LogP contribution < -0.4 is 0 Å². The Labute approximate surface area is 85.3 Å². The molecule has 0 unspecified atom stereocenters. The molecule has 0 aliphatic heterocycles. The lowest BCUT2D eigenvalue weighted by Gasteiger charge is -2.06. The molecule has 0 radical (unpaired) electrons. The zero-order chi connectivity index (χ0) is 9.84. The van der Waals surface area contributed by atoms with Crippen molar-refractivity contribution in [3.63, 3.8) is 0 Å². The van der Waals surface area contributed by atoms with Gasteiger partial charge in [0.15, 0.2) is 0 Å². The van der Waals surface area contributed by atoms with Crippen molar-refractivity contribution in [2.75, 3.05) is 0 Å². The van der Waals surface area contributed by atoms with E-state index in [4.69, 9.17) is 5.26 Å². The summed E-state index contributed by atoms with van der Waals surface area (Å²) in [6.45, 7) is 1.85. The topological polar surface area (TPSA) is 40.9 Å². The molecule has 0 aromatic heterocycles. The SMILES string of the molecule is Cc1c(C=O)ccc(Br)c1CC#N. The third-order valence-electron chi connectivity index (χ3n) is 1.97. The van der Waals surface area contributed by atoms with Crippen LogP contribution in [0.3, 0.4) is 0 Å². The van der Waals surface area contributed by atoms with Gasteiger partial charge < -0.3 is 0 Å². The highest BCUT2D eigenvalue weighted by molar-refractivity contribution is 9.10. The van der Waals surface area contributed by atoms with Gasteiger partial charge in [-0.25, -0.2) is 0 Å². The molecule has 0 saturated heterocycles. The molecule has 13 heavy (non-hydrogen) atoms. The number of carbonyl (C=O) groups excluding carboxylic acids is 1. The van der Waals surface area contributed by atoms with Crippen molar-refractivity contribution < 1.29 is 4.79 Å². The molecule has 0 amide bonds. The van der Waals surface area contributed by atoms with Crippen LogP contribution >= 0.6 is 15.9 Å². The Hall–Kier alpha value is -1.14. The molecule has 0 heterocycles. The molecule has 0 fully saturated rings. The molecule has 0 atom stereocenters. The first-order valence-corrected chi connectivity index (χ1v) is 4.60. The normalized spacial score (nSPS) is 9.31. The molecule has 2 nitrogen and oxygen atoms in total. The first-order chi connectivity index (χ1) is 6.20. The van der Waals surface area contributed by atoms with Crippen molar-refractivity contribution in [2.24, 2.45) is 0 Å². The van der Waals surface area contributed by atoms with Crippen molar-refractivity contribution in [1.82, 2.24) is 0 Å². The minimum absolute atomic E-state index is 0.327. The number of rotatable bonds is 2. The van der Waals surface area contributed by atoms with Gasteiger partial charge in [-0.1, -0.05) is 22.0 Å². The standard InChI is InChI=1S/C10H8BrNO/c1-7-8(6-13)2-3-10(11)9(7)4-5-12/h2-3,6H,4H2,1H3. The van der Waals surface area contributed by atoms with Gasteiger partial charge in [-0.05, 0) is 24.1 Å². The van der Waals surface area contributed by atoms with Gasteiger partial charge in [0.25, 0.3) is 0 Å². The van der Waals surface area contributed by atoms with Crippen LogP contribution in [0, 0.1) is 18.3 Å². The number of benzene rings is 1. The van der Waals surface area contributed by atoms with Gasteiger partial charge in [-0.3, -0.25) is 4.79 Å². The predicted octanol–water partition coefficient (Wildman–Crippen LogP) is 2.64. The first-order valence-electron chi connectivity index (χ1n) is 3.80. The second kappa shape index (κ2) is 4.20. The minimum atomic E-state index is 0.327. The van der Waals surface area contributed by atoms with Gasteiger partial charge in [0.1, 0.15) is 6.29 Å². The lowest BCUT2D eigenvalue weighted by molar-refractivity contribution is 0.112. The lowest BCUT2D eigenvalue weighted by Crippen LogP contribution is -1.95. The first kappa shape index (κ1) is 9.94. The molecular formula is C10H8BrNO. The van der Waals surface area contributed by atoms with Crippen molar-refractivity contribution in [2.45, 2.75) is 13.3 Å². The van der Waals surface area contributed by atoms with Crippen LogP contribution in [0.5, 0.6) is 0 Å². The van der Waals surface area contributed by atoms with Crippen LogP contribution in [0.15, 0.2) is 16.6 Å². The maximum atomic E-state index is 10.6. The number of hydrogen-bond donors (Lipinski definition) is 0. The zero-order valence-electron chi connectivity index (χ0n) is 7.17. The summed E-state index contributed by atoms with van der Waals surface area (Å²) in [6.07, 6.45) is 1.14. The van der Waals surface area contributed by atoms with E-state index in [1.165, 1.54) is 0 Å². The predicted molar refractivity (Wildman–Crippen MR) is 53.6 cm³/mol. The van der Waals surface area contributed by atoms with E-state index in [-0.39, 0.29) is 0 Å². The van der Waals surface area contributed by atoms with Crippen LogP contribution in [0.2, 0.25) is 0 Å². The maximum absolute atomic E-state index is 10.6. The molecular weight excluding hydrogens is 230 g/mol. The van der Waals surface area contributed by atoms with Crippen LogP contribution in [-0.4, -0.2) is 6.29 Å². The second-order valence-electron chi connectivity index (χ2n) is 2.69. The summed E-state index contributed by atoms with van der Waals surface area (Å²) in [7, 11) is 0. The molecule has 0 saturated carbocycles. The molecule has 0 spiro atoms. The van der Waals surface area contributed by atoms with E-state index in [1.54, 1.807) is 12.1 Å². The molecule has 0 bridgehead atoms. The third kappa shape index (κ3) is 1.96. The van der Waals surface area contributed by atoms with Crippen molar-refractivity contribution in [1.29, 1.82) is 5.26 Å². The smallest absolute Gasteiger partial charge is 0.150 e. The molecule has 0 aliphatic rings. The lowest BCUT2D eigenvalue weighted by atomic mass is 10.0. The molecule has 1 rings (SSSR count). The highest BCUT2D eigenvalue weighted by Crippen LogP contribution is 2.22. The molecule has 0 N–H and O–H groups in total. The van der Waals surface area contributed by atoms with Crippen molar-refractivity contribution >= 4 is 22.2 Å². The number of nitrogens with zero attached hydrogens (tertiary/aromatic N) is 1. The largest absolute Gasteiger partial charge is 0.298 e. The van der Waals surface area contributed by atoms with Crippen molar-refractivity contribution in [3.8, 4) is 6.07 Å². The summed E-state index contributed by atoms with van der Waals surface area (Å²) in [5, 5.41) is 8.57. The maximum Gasteiger partial charge on any atom is 0.150 e. The quantitative estimate of drug-likeness (QED) is 0.743. The van der Waals surface area contributed by atoms with E-state index in [0.29, 0.717) is 12.0 Å². The monoisotopic (exact) mass is 237 g/mol. The fourth-order valence-corrected chi connectivity index (χ4v) is 1.74. The van der Waals surface area contributed by atoms with Crippen LogP contribution in [-0.2, 0) is 6.42 Å². The number of carbonyl (C=O) groups is 1. The third-order valence-corrected chi connectivity index (χ3v) is 2.71. The number of hydrogen-bond acceptors (Lipinski definition) is 2. The summed E-state index contributed by atoms with van der Waals surface area (Å²) in [6, 6.07) is 5.61.